The van der Waals surface area contributed by atoms with Crippen molar-refractivity contribution < 1.29 is 5.11 Å². The lowest BCUT2D eigenvalue weighted by Gasteiger charge is -2.23. The van der Waals surface area contributed by atoms with E-state index in [4.69, 9.17) is 0 Å². The fraction of sp³-hybridized carbons (Fsp3) is 1.00. The van der Waals surface area contributed by atoms with Gasteiger partial charge in [-0.2, -0.15) is 0 Å². The first-order valence-electron chi connectivity index (χ1n) is 6.73. The molecule has 4 atom stereocenters. The molecule has 0 radical (unpaired) electrons. The Kier molecular flexibility index (Phi) is 2.73. The van der Waals surface area contributed by atoms with Crippen molar-refractivity contribution in [2.24, 2.45) is 17.8 Å². The molecule has 0 aromatic heterocycles. The van der Waals surface area contributed by atoms with Crippen molar-refractivity contribution in [3.8, 4) is 0 Å². The van der Waals surface area contributed by atoms with Gasteiger partial charge in [0.05, 0.1) is 6.10 Å². The SMILES string of the molecule is OC1CCCC1CN1CC2CCCC2C1. The maximum Gasteiger partial charge on any atom is 0.0580 e. The van der Waals surface area contributed by atoms with Gasteiger partial charge in [0.1, 0.15) is 0 Å². The van der Waals surface area contributed by atoms with E-state index in [9.17, 15) is 5.11 Å². The molecule has 2 heteroatoms. The largest absolute Gasteiger partial charge is 0.393 e. The van der Waals surface area contributed by atoms with Gasteiger partial charge in [-0.25, -0.2) is 0 Å². The third-order valence-electron chi connectivity index (χ3n) is 4.91. The number of hydrogen-bond acceptors (Lipinski definition) is 2. The van der Waals surface area contributed by atoms with Gasteiger partial charge in [0.2, 0.25) is 0 Å². The molecule has 4 unspecified atom stereocenters. The normalized spacial score (nSPS) is 46.2. The van der Waals surface area contributed by atoms with E-state index in [0.717, 1.165) is 18.3 Å². The van der Waals surface area contributed by atoms with Crippen LogP contribution in [0.5, 0.6) is 0 Å². The highest BCUT2D eigenvalue weighted by atomic mass is 16.3. The minimum Gasteiger partial charge on any atom is -0.393 e. The third kappa shape index (κ3) is 1.94. The van der Waals surface area contributed by atoms with Gasteiger partial charge in [-0.1, -0.05) is 12.8 Å². The number of nitrogens with zero attached hydrogens (tertiary/aromatic N) is 1. The minimum absolute atomic E-state index is 0.00504. The molecule has 3 rings (SSSR count). The van der Waals surface area contributed by atoms with Crippen molar-refractivity contribution in [2.45, 2.75) is 44.6 Å². The number of fused-ring (bicyclic) bond motifs is 1. The van der Waals surface area contributed by atoms with Crippen LogP contribution in [0.4, 0.5) is 0 Å². The van der Waals surface area contributed by atoms with Crippen LogP contribution >= 0.6 is 0 Å². The average molecular weight is 209 g/mol. The third-order valence-corrected chi connectivity index (χ3v) is 4.91. The monoisotopic (exact) mass is 209 g/mol. The first-order valence-corrected chi connectivity index (χ1v) is 6.73. The highest BCUT2D eigenvalue weighted by Gasteiger charge is 2.37. The Hall–Kier alpha value is -0.0800. The Morgan fingerprint density at radius 1 is 0.933 bits per heavy atom. The van der Waals surface area contributed by atoms with E-state index < -0.39 is 0 Å². The molecule has 1 N–H and O–H groups in total. The van der Waals surface area contributed by atoms with Crippen LogP contribution in [0.3, 0.4) is 0 Å². The Labute approximate surface area is 92.7 Å². The lowest BCUT2D eigenvalue weighted by Crippen LogP contribution is -2.31. The molecule has 1 heterocycles. The van der Waals surface area contributed by atoms with Gasteiger partial charge in [-0.3, -0.25) is 0 Å². The fourth-order valence-electron chi connectivity index (χ4n) is 4.04. The lowest BCUT2D eigenvalue weighted by atomic mass is 10.0. The molecule has 2 aliphatic carbocycles. The number of hydrogen-bond donors (Lipinski definition) is 1. The van der Waals surface area contributed by atoms with Crippen molar-refractivity contribution in [3.05, 3.63) is 0 Å². The number of aliphatic hydroxyl groups excluding tert-OH is 1. The first kappa shape index (κ1) is 10.1. The second kappa shape index (κ2) is 4.06. The summed E-state index contributed by atoms with van der Waals surface area (Å²) in [6, 6.07) is 0. The maximum absolute atomic E-state index is 9.83. The van der Waals surface area contributed by atoms with Crippen LogP contribution in [0, 0.1) is 17.8 Å². The van der Waals surface area contributed by atoms with Crippen LogP contribution < -0.4 is 0 Å². The van der Waals surface area contributed by atoms with Crippen LogP contribution in [-0.4, -0.2) is 35.7 Å². The number of likely N-dealkylation sites (tertiary alicyclic amines) is 1. The fourth-order valence-corrected chi connectivity index (χ4v) is 4.04. The van der Waals surface area contributed by atoms with Crippen LogP contribution in [0.25, 0.3) is 0 Å². The molecular weight excluding hydrogens is 186 g/mol. The summed E-state index contributed by atoms with van der Waals surface area (Å²) in [5, 5.41) is 9.83. The molecule has 0 aromatic carbocycles. The second-order valence-corrected chi connectivity index (χ2v) is 5.93. The summed E-state index contributed by atoms with van der Waals surface area (Å²) in [5.74, 6) is 2.59. The van der Waals surface area contributed by atoms with Gasteiger partial charge >= 0.3 is 0 Å². The van der Waals surface area contributed by atoms with Gasteiger partial charge in [-0.05, 0) is 43.4 Å². The summed E-state index contributed by atoms with van der Waals surface area (Å²) in [5.41, 5.74) is 0. The van der Waals surface area contributed by atoms with Crippen molar-refractivity contribution in [1.82, 2.24) is 4.90 Å². The highest BCUT2D eigenvalue weighted by Crippen LogP contribution is 2.38. The van der Waals surface area contributed by atoms with Crippen LogP contribution in [0.2, 0.25) is 0 Å². The minimum atomic E-state index is 0.00504. The molecule has 0 bridgehead atoms. The van der Waals surface area contributed by atoms with Gasteiger partial charge in [0.15, 0.2) is 0 Å². The van der Waals surface area contributed by atoms with E-state index in [-0.39, 0.29) is 6.10 Å². The standard InChI is InChI=1S/C13H23NO/c15-13-6-2-5-12(13)9-14-7-10-3-1-4-11(10)8-14/h10-13,15H,1-9H2. The summed E-state index contributed by atoms with van der Waals surface area (Å²) >= 11 is 0. The zero-order valence-electron chi connectivity index (χ0n) is 9.57. The summed E-state index contributed by atoms with van der Waals surface area (Å²) in [7, 11) is 0. The molecule has 15 heavy (non-hydrogen) atoms. The second-order valence-electron chi connectivity index (χ2n) is 5.93. The van der Waals surface area contributed by atoms with Crippen LogP contribution in [0.1, 0.15) is 38.5 Å². The van der Waals surface area contributed by atoms with Gasteiger partial charge in [-0.15, -0.1) is 0 Å². The maximum atomic E-state index is 9.83. The molecule has 2 saturated carbocycles. The van der Waals surface area contributed by atoms with E-state index in [1.165, 1.54) is 51.7 Å². The molecule has 3 aliphatic rings. The molecule has 0 aromatic rings. The highest BCUT2D eigenvalue weighted by molar-refractivity contribution is 4.90. The molecule has 3 fully saturated rings. The summed E-state index contributed by atoms with van der Waals surface area (Å²) in [6.45, 7) is 3.83. The summed E-state index contributed by atoms with van der Waals surface area (Å²) in [4.78, 5) is 2.63. The van der Waals surface area contributed by atoms with Crippen LogP contribution in [-0.2, 0) is 0 Å². The Balaban J connectivity index is 1.52. The van der Waals surface area contributed by atoms with Crippen LogP contribution in [0.15, 0.2) is 0 Å². The predicted octanol–water partition coefficient (Wildman–Crippen LogP) is 1.88. The van der Waals surface area contributed by atoms with E-state index in [1.807, 2.05) is 0 Å². The van der Waals surface area contributed by atoms with Crippen molar-refractivity contribution in [1.29, 1.82) is 0 Å². The predicted molar refractivity (Wildman–Crippen MR) is 60.6 cm³/mol. The van der Waals surface area contributed by atoms with Gasteiger partial charge in [0.25, 0.3) is 0 Å². The molecule has 0 spiro atoms. The topological polar surface area (TPSA) is 23.5 Å². The smallest absolute Gasteiger partial charge is 0.0580 e. The number of rotatable bonds is 2. The van der Waals surface area contributed by atoms with E-state index in [2.05, 4.69) is 4.90 Å². The first-order chi connectivity index (χ1) is 7.33. The Bertz CT molecular complexity index is 219. The molecule has 1 saturated heterocycles. The molecule has 86 valence electrons. The molecule has 1 aliphatic heterocycles. The lowest BCUT2D eigenvalue weighted by molar-refractivity contribution is 0.107. The van der Waals surface area contributed by atoms with Crippen molar-refractivity contribution in [2.75, 3.05) is 19.6 Å². The molecule has 2 nitrogen and oxygen atoms in total. The van der Waals surface area contributed by atoms with Gasteiger partial charge in [0, 0.05) is 19.6 Å². The van der Waals surface area contributed by atoms with E-state index >= 15 is 0 Å². The Morgan fingerprint density at radius 2 is 1.60 bits per heavy atom. The van der Waals surface area contributed by atoms with E-state index in [1.54, 1.807) is 0 Å². The van der Waals surface area contributed by atoms with Crippen molar-refractivity contribution >= 4 is 0 Å². The molecular formula is C13H23NO. The quantitative estimate of drug-likeness (QED) is 0.750. The van der Waals surface area contributed by atoms with E-state index in [0.29, 0.717) is 5.92 Å². The summed E-state index contributed by atoms with van der Waals surface area (Å²) in [6.07, 6.45) is 7.95. The molecule has 0 amide bonds. The van der Waals surface area contributed by atoms with Crippen molar-refractivity contribution in [3.63, 3.8) is 0 Å². The number of aliphatic hydroxyl groups is 1. The zero-order valence-corrected chi connectivity index (χ0v) is 9.57. The Morgan fingerprint density at radius 3 is 2.20 bits per heavy atom. The summed E-state index contributed by atoms with van der Waals surface area (Å²) < 4.78 is 0. The zero-order chi connectivity index (χ0) is 10.3. The average Bonchev–Trinajstić information content (AvgIpc) is 2.83. The van der Waals surface area contributed by atoms with Gasteiger partial charge < -0.3 is 10.0 Å².